The molecular weight excluding hydrogens is 284 g/mol. The monoisotopic (exact) mass is 296 g/mol. The second-order valence-electron chi connectivity index (χ2n) is 3.94. The average Bonchev–Trinajstić information content (AvgIpc) is 2.76. The van der Waals surface area contributed by atoms with Crippen LogP contribution in [-0.2, 0) is 10.0 Å². The van der Waals surface area contributed by atoms with Gasteiger partial charge in [0.2, 0.25) is 0 Å². The molecule has 0 bridgehead atoms. The summed E-state index contributed by atoms with van der Waals surface area (Å²) in [6.07, 6.45) is 0. The van der Waals surface area contributed by atoms with Crippen LogP contribution in [0.4, 0.5) is 11.4 Å². The van der Waals surface area contributed by atoms with E-state index in [-0.39, 0.29) is 9.99 Å². The van der Waals surface area contributed by atoms with Crippen LogP contribution >= 0.6 is 11.3 Å². The predicted octanol–water partition coefficient (Wildman–Crippen LogP) is 2.33. The molecule has 2 rings (SSSR count). The summed E-state index contributed by atoms with van der Waals surface area (Å²) >= 11 is 1.04. The largest absolute Gasteiger partial charge is 0.398 e. The first-order valence-corrected chi connectivity index (χ1v) is 7.72. The third-order valence-corrected chi connectivity index (χ3v) is 5.22. The number of hydrogen-bond acceptors (Lipinski definition) is 5. The lowest BCUT2D eigenvalue weighted by atomic mass is 10.1. The van der Waals surface area contributed by atoms with E-state index in [1.807, 2.05) is 0 Å². The maximum Gasteiger partial charge on any atom is 0.271 e. The van der Waals surface area contributed by atoms with Crippen LogP contribution in [0.5, 0.6) is 0 Å². The van der Waals surface area contributed by atoms with Gasteiger partial charge in [0.25, 0.3) is 10.0 Å². The summed E-state index contributed by atoms with van der Waals surface area (Å²) in [4.78, 5) is 11.2. The Labute approximate surface area is 115 Å². The van der Waals surface area contributed by atoms with E-state index < -0.39 is 10.0 Å². The van der Waals surface area contributed by atoms with Crippen LogP contribution in [0.25, 0.3) is 0 Å². The number of sulfonamides is 1. The lowest BCUT2D eigenvalue weighted by Gasteiger charge is -2.07. The fraction of sp³-hybridized carbons (Fsp3) is 0.0833. The predicted molar refractivity (Wildman–Crippen MR) is 76.0 cm³/mol. The number of ketones is 1. The molecule has 0 aliphatic heterocycles. The van der Waals surface area contributed by atoms with Crippen molar-refractivity contribution in [2.45, 2.75) is 11.1 Å². The van der Waals surface area contributed by atoms with E-state index in [1.54, 1.807) is 23.6 Å². The molecule has 0 amide bonds. The average molecular weight is 296 g/mol. The minimum absolute atomic E-state index is 0.124. The Morgan fingerprint density at radius 3 is 2.63 bits per heavy atom. The molecule has 7 heteroatoms. The number of hydrogen-bond donors (Lipinski definition) is 2. The molecule has 0 spiro atoms. The van der Waals surface area contributed by atoms with Crippen molar-refractivity contribution in [3.63, 3.8) is 0 Å². The van der Waals surface area contributed by atoms with Crippen molar-refractivity contribution < 1.29 is 13.2 Å². The molecule has 0 saturated heterocycles. The molecule has 0 unspecified atom stereocenters. The highest BCUT2D eigenvalue weighted by Gasteiger charge is 2.16. The van der Waals surface area contributed by atoms with Crippen molar-refractivity contribution in [3.8, 4) is 0 Å². The summed E-state index contributed by atoms with van der Waals surface area (Å²) < 4.78 is 26.7. The first-order chi connectivity index (χ1) is 8.88. The number of nitrogens with two attached hydrogens (primary N) is 1. The maximum atomic E-state index is 12.1. The van der Waals surface area contributed by atoms with Gasteiger partial charge in [-0.25, -0.2) is 8.42 Å². The zero-order valence-corrected chi connectivity index (χ0v) is 11.7. The van der Waals surface area contributed by atoms with Crippen LogP contribution in [-0.4, -0.2) is 14.2 Å². The second kappa shape index (κ2) is 5.02. The molecule has 0 saturated carbocycles. The van der Waals surface area contributed by atoms with Crippen molar-refractivity contribution in [2.75, 3.05) is 10.5 Å². The zero-order chi connectivity index (χ0) is 14.0. The molecule has 3 N–H and O–H groups in total. The molecule has 19 heavy (non-hydrogen) atoms. The number of nitrogens with one attached hydrogen (secondary N) is 1. The molecule has 0 aliphatic carbocycles. The summed E-state index contributed by atoms with van der Waals surface area (Å²) in [6, 6.07) is 7.72. The Morgan fingerprint density at radius 1 is 1.32 bits per heavy atom. The van der Waals surface area contributed by atoms with Crippen molar-refractivity contribution in [2.24, 2.45) is 0 Å². The second-order valence-corrected chi connectivity index (χ2v) is 6.76. The Morgan fingerprint density at radius 2 is 2.05 bits per heavy atom. The minimum Gasteiger partial charge on any atom is -0.398 e. The van der Waals surface area contributed by atoms with Gasteiger partial charge in [0.1, 0.15) is 4.21 Å². The molecule has 100 valence electrons. The molecule has 5 nitrogen and oxygen atoms in total. The van der Waals surface area contributed by atoms with Crippen LogP contribution in [0.2, 0.25) is 0 Å². The SMILES string of the molecule is CC(=O)c1cccc(NS(=O)(=O)c2cc(N)cs2)c1. The quantitative estimate of drug-likeness (QED) is 0.847. The lowest BCUT2D eigenvalue weighted by molar-refractivity contribution is 0.101. The van der Waals surface area contributed by atoms with Gasteiger partial charge in [-0.2, -0.15) is 0 Å². The van der Waals surface area contributed by atoms with E-state index in [1.165, 1.54) is 19.1 Å². The van der Waals surface area contributed by atoms with Gasteiger partial charge in [0.15, 0.2) is 5.78 Å². The van der Waals surface area contributed by atoms with Gasteiger partial charge in [-0.3, -0.25) is 9.52 Å². The first-order valence-electron chi connectivity index (χ1n) is 5.36. The summed E-state index contributed by atoms with van der Waals surface area (Å²) in [7, 11) is -3.66. The number of benzene rings is 1. The van der Waals surface area contributed by atoms with Crippen LogP contribution in [0.3, 0.4) is 0 Å². The summed E-state index contributed by atoms with van der Waals surface area (Å²) in [5.41, 5.74) is 6.71. The standard InChI is InChI=1S/C12H12N2O3S2/c1-8(15)9-3-2-4-11(5-9)14-19(16,17)12-6-10(13)7-18-12/h2-7,14H,13H2,1H3. The van der Waals surface area contributed by atoms with Gasteiger partial charge < -0.3 is 5.73 Å². The highest BCUT2D eigenvalue weighted by Crippen LogP contribution is 2.24. The topological polar surface area (TPSA) is 89.3 Å². The summed E-state index contributed by atoms with van der Waals surface area (Å²) in [6.45, 7) is 1.42. The van der Waals surface area contributed by atoms with Crippen molar-refractivity contribution in [3.05, 3.63) is 41.3 Å². The number of Topliss-reactive ketones (excluding diaryl/α,β-unsaturated/α-hetero) is 1. The highest BCUT2D eigenvalue weighted by molar-refractivity contribution is 7.94. The Balaban J connectivity index is 2.30. The van der Waals surface area contributed by atoms with Crippen molar-refractivity contribution >= 4 is 38.5 Å². The van der Waals surface area contributed by atoms with E-state index in [2.05, 4.69) is 4.72 Å². The van der Waals surface area contributed by atoms with Gasteiger partial charge >= 0.3 is 0 Å². The Kier molecular flexibility index (Phi) is 3.59. The van der Waals surface area contributed by atoms with Crippen LogP contribution in [0.15, 0.2) is 39.9 Å². The number of carbonyl (C=O) groups is 1. The van der Waals surface area contributed by atoms with E-state index in [9.17, 15) is 13.2 Å². The third kappa shape index (κ3) is 3.12. The van der Waals surface area contributed by atoms with E-state index in [0.29, 0.717) is 16.9 Å². The van der Waals surface area contributed by atoms with Crippen LogP contribution in [0.1, 0.15) is 17.3 Å². The number of anilines is 2. The van der Waals surface area contributed by atoms with E-state index in [4.69, 9.17) is 5.73 Å². The first kappa shape index (κ1) is 13.6. The van der Waals surface area contributed by atoms with Gasteiger partial charge in [-0.05, 0) is 25.1 Å². The highest BCUT2D eigenvalue weighted by atomic mass is 32.2. The third-order valence-electron chi connectivity index (χ3n) is 2.38. The lowest BCUT2D eigenvalue weighted by Crippen LogP contribution is -2.11. The van der Waals surface area contributed by atoms with E-state index >= 15 is 0 Å². The number of carbonyl (C=O) groups excluding carboxylic acids is 1. The molecular formula is C12H12N2O3S2. The fourth-order valence-corrected chi connectivity index (χ4v) is 3.61. The minimum atomic E-state index is -3.66. The summed E-state index contributed by atoms with van der Waals surface area (Å²) in [5, 5.41) is 1.56. The molecule has 0 atom stereocenters. The van der Waals surface area contributed by atoms with Crippen LogP contribution in [0, 0.1) is 0 Å². The van der Waals surface area contributed by atoms with Crippen LogP contribution < -0.4 is 10.5 Å². The molecule has 1 aromatic carbocycles. The van der Waals surface area contributed by atoms with Gasteiger partial charge in [-0.15, -0.1) is 11.3 Å². The van der Waals surface area contributed by atoms with E-state index in [0.717, 1.165) is 11.3 Å². The van der Waals surface area contributed by atoms with Gasteiger partial charge in [0.05, 0.1) is 0 Å². The zero-order valence-electron chi connectivity index (χ0n) is 10.1. The van der Waals surface area contributed by atoms with Crippen molar-refractivity contribution in [1.29, 1.82) is 0 Å². The fourth-order valence-electron chi connectivity index (χ4n) is 1.48. The van der Waals surface area contributed by atoms with Gasteiger partial charge in [0, 0.05) is 22.3 Å². The normalized spacial score (nSPS) is 11.2. The number of nitrogen functional groups attached to an aromatic ring is 1. The number of rotatable bonds is 4. The van der Waals surface area contributed by atoms with Crippen molar-refractivity contribution in [1.82, 2.24) is 0 Å². The van der Waals surface area contributed by atoms with Gasteiger partial charge in [-0.1, -0.05) is 12.1 Å². The number of thiophene rings is 1. The molecule has 0 aliphatic rings. The molecule has 2 aromatic rings. The molecule has 0 radical (unpaired) electrons. The molecule has 0 fully saturated rings. The smallest absolute Gasteiger partial charge is 0.271 e. The summed E-state index contributed by atoms with van der Waals surface area (Å²) in [5.74, 6) is -0.124. The molecule has 1 aromatic heterocycles. The molecule has 1 heterocycles. The Hall–Kier alpha value is -1.86. The Bertz CT molecular complexity index is 720. The maximum absolute atomic E-state index is 12.1.